The summed E-state index contributed by atoms with van der Waals surface area (Å²) in [5, 5.41) is 11.0. The highest BCUT2D eigenvalue weighted by Gasteiger charge is 2.48. The minimum Gasteiger partial charge on any atom is -0.497 e. The predicted octanol–water partition coefficient (Wildman–Crippen LogP) is 5.75. The van der Waals surface area contributed by atoms with Crippen LogP contribution in [0.5, 0.6) is 17.2 Å². The summed E-state index contributed by atoms with van der Waals surface area (Å²) in [5.41, 5.74) is 2.30. The summed E-state index contributed by atoms with van der Waals surface area (Å²) in [5.74, 6) is -0.321. The highest BCUT2D eigenvalue weighted by Crippen LogP contribution is 2.48. The number of amides is 1. The van der Waals surface area contributed by atoms with Gasteiger partial charge in [-0.05, 0) is 53.9 Å². The van der Waals surface area contributed by atoms with Crippen molar-refractivity contribution in [2.45, 2.75) is 31.7 Å². The van der Waals surface area contributed by atoms with E-state index >= 15 is 0 Å². The average Bonchev–Trinajstić information content (AvgIpc) is 3.58. The number of carboxylic acids is 1. The molecule has 9 heteroatoms. The Kier molecular flexibility index (Phi) is 8.47. The van der Waals surface area contributed by atoms with Crippen LogP contribution in [0.3, 0.4) is 0 Å². The van der Waals surface area contributed by atoms with Crippen molar-refractivity contribution in [3.05, 3.63) is 82.9 Å². The molecule has 0 bridgehead atoms. The van der Waals surface area contributed by atoms with Gasteiger partial charge < -0.3 is 24.2 Å². The predicted molar refractivity (Wildman–Crippen MR) is 152 cm³/mol. The number of anilines is 1. The lowest BCUT2D eigenvalue weighted by Gasteiger charge is -2.30. The van der Waals surface area contributed by atoms with E-state index < -0.39 is 17.9 Å². The fraction of sp³-hybridized carbons (Fsp3) is 0.355. The molecular weight excluding hydrogens is 532 g/mol. The highest BCUT2D eigenvalue weighted by atomic mass is 35.5. The number of methoxy groups -OCH3 is 1. The molecule has 3 aromatic carbocycles. The number of likely N-dealkylation sites (tertiary alicyclic amines) is 1. The molecule has 0 saturated carbocycles. The molecule has 5 rings (SSSR count). The molecule has 8 nitrogen and oxygen atoms in total. The van der Waals surface area contributed by atoms with Crippen molar-refractivity contribution in [3.63, 3.8) is 0 Å². The number of ether oxygens (including phenoxy) is 3. The molecular formula is C31H33ClN2O6. The van der Waals surface area contributed by atoms with Gasteiger partial charge in [-0.1, -0.05) is 55.3 Å². The Hall–Kier alpha value is -3.75. The second kappa shape index (κ2) is 12.2. The molecule has 1 N–H and O–H groups in total. The zero-order valence-corrected chi connectivity index (χ0v) is 23.3. The number of carbonyl (C=O) groups is 2. The number of carbonyl (C=O) groups excluding carboxylic acids is 1. The maximum absolute atomic E-state index is 13.9. The Labute approximate surface area is 239 Å². The SMILES string of the molecule is CCCCN(C(=O)CN1CC(c2ccc3c(c2)OCO3)C(C(=O)O)C1c1ccc(OC)cc1)c1ccccc1Cl. The van der Waals surface area contributed by atoms with Crippen molar-refractivity contribution >= 4 is 29.2 Å². The number of benzene rings is 3. The van der Waals surface area contributed by atoms with Crippen LogP contribution in [0.1, 0.15) is 42.9 Å². The summed E-state index contributed by atoms with van der Waals surface area (Å²) in [4.78, 5) is 30.5. The number of hydrogen-bond acceptors (Lipinski definition) is 6. The van der Waals surface area contributed by atoms with Crippen molar-refractivity contribution in [2.75, 3.05) is 38.4 Å². The van der Waals surface area contributed by atoms with Gasteiger partial charge in [-0.25, -0.2) is 0 Å². The van der Waals surface area contributed by atoms with E-state index in [1.54, 1.807) is 18.1 Å². The summed E-state index contributed by atoms with van der Waals surface area (Å²) >= 11 is 6.51. The third-order valence-electron chi connectivity index (χ3n) is 7.68. The third-order valence-corrected chi connectivity index (χ3v) is 8.00. The molecule has 1 amide bonds. The number of fused-ring (bicyclic) bond motifs is 1. The van der Waals surface area contributed by atoms with Crippen LogP contribution in [0.2, 0.25) is 5.02 Å². The Morgan fingerprint density at radius 1 is 1.05 bits per heavy atom. The minimum absolute atomic E-state index is 0.0382. The normalized spacial score (nSPS) is 19.9. The fourth-order valence-corrected chi connectivity index (χ4v) is 5.94. The van der Waals surface area contributed by atoms with E-state index in [2.05, 4.69) is 6.92 Å². The van der Waals surface area contributed by atoms with Crippen LogP contribution in [0.4, 0.5) is 5.69 Å². The average molecular weight is 565 g/mol. The van der Waals surface area contributed by atoms with Crippen LogP contribution in [-0.2, 0) is 9.59 Å². The van der Waals surface area contributed by atoms with Gasteiger partial charge in [0.2, 0.25) is 12.7 Å². The highest BCUT2D eigenvalue weighted by molar-refractivity contribution is 6.33. The van der Waals surface area contributed by atoms with Gasteiger partial charge in [-0.2, -0.15) is 0 Å². The topological polar surface area (TPSA) is 88.5 Å². The number of para-hydroxylation sites is 1. The van der Waals surface area contributed by atoms with Crippen LogP contribution in [0.25, 0.3) is 0 Å². The Morgan fingerprint density at radius 3 is 2.48 bits per heavy atom. The van der Waals surface area contributed by atoms with Gasteiger partial charge >= 0.3 is 5.97 Å². The maximum atomic E-state index is 13.9. The number of rotatable bonds is 10. The lowest BCUT2D eigenvalue weighted by molar-refractivity contribution is -0.143. The van der Waals surface area contributed by atoms with E-state index in [1.165, 1.54) is 0 Å². The first-order valence-corrected chi connectivity index (χ1v) is 13.8. The van der Waals surface area contributed by atoms with Gasteiger partial charge in [0, 0.05) is 25.0 Å². The first kappa shape index (κ1) is 27.8. The molecule has 3 unspecified atom stereocenters. The van der Waals surface area contributed by atoms with E-state index in [-0.39, 0.29) is 25.2 Å². The monoisotopic (exact) mass is 564 g/mol. The number of aliphatic carboxylic acids is 1. The van der Waals surface area contributed by atoms with Gasteiger partial charge in [0.15, 0.2) is 11.5 Å². The van der Waals surface area contributed by atoms with Crippen LogP contribution >= 0.6 is 11.6 Å². The summed E-state index contributed by atoms with van der Waals surface area (Å²) in [6.45, 7) is 3.15. The van der Waals surface area contributed by atoms with Gasteiger partial charge in [0.1, 0.15) is 5.75 Å². The molecule has 0 aromatic heterocycles. The van der Waals surface area contributed by atoms with Crippen molar-refractivity contribution in [2.24, 2.45) is 5.92 Å². The smallest absolute Gasteiger partial charge is 0.309 e. The van der Waals surface area contributed by atoms with Crippen molar-refractivity contribution in [1.29, 1.82) is 0 Å². The molecule has 1 fully saturated rings. The van der Waals surface area contributed by atoms with Crippen molar-refractivity contribution < 1.29 is 28.9 Å². The largest absolute Gasteiger partial charge is 0.497 e. The molecule has 3 aromatic rings. The van der Waals surface area contributed by atoms with Gasteiger partial charge in [-0.3, -0.25) is 14.5 Å². The van der Waals surface area contributed by atoms with Crippen LogP contribution in [-0.4, -0.2) is 55.4 Å². The molecule has 0 spiro atoms. The van der Waals surface area contributed by atoms with E-state index in [9.17, 15) is 14.7 Å². The molecule has 0 radical (unpaired) electrons. The number of nitrogens with zero attached hydrogens (tertiary/aromatic N) is 2. The Morgan fingerprint density at radius 2 is 1.77 bits per heavy atom. The summed E-state index contributed by atoms with van der Waals surface area (Å²) in [6.07, 6.45) is 1.73. The van der Waals surface area contributed by atoms with E-state index in [4.69, 9.17) is 25.8 Å². The van der Waals surface area contributed by atoms with Gasteiger partial charge in [-0.15, -0.1) is 0 Å². The standard InChI is InChI=1S/C31H33ClN2O6/c1-3-4-15-34(25-8-6-5-7-24(25)32)28(35)18-33-17-23(21-11-14-26-27(16-21)40-19-39-26)29(31(36)37)30(33)20-9-12-22(38-2)13-10-20/h5-14,16,23,29-30H,3-4,15,17-19H2,1-2H3,(H,36,37). The number of unbranched alkanes of at least 4 members (excludes halogenated alkanes) is 1. The number of carboxylic acid groups (broad SMARTS) is 1. The molecule has 2 aliphatic heterocycles. The number of hydrogen-bond donors (Lipinski definition) is 1. The number of halogens is 1. The Bertz CT molecular complexity index is 1360. The molecule has 0 aliphatic carbocycles. The van der Waals surface area contributed by atoms with Gasteiger partial charge in [0.05, 0.1) is 30.3 Å². The quantitative estimate of drug-likeness (QED) is 0.335. The molecule has 2 aliphatic rings. The molecule has 2 heterocycles. The molecule has 40 heavy (non-hydrogen) atoms. The van der Waals surface area contributed by atoms with Crippen molar-refractivity contribution in [1.82, 2.24) is 4.90 Å². The van der Waals surface area contributed by atoms with Crippen LogP contribution < -0.4 is 19.1 Å². The maximum Gasteiger partial charge on any atom is 0.309 e. The second-order valence-corrected chi connectivity index (χ2v) is 10.5. The van der Waals surface area contributed by atoms with Crippen molar-refractivity contribution in [3.8, 4) is 17.2 Å². The van der Waals surface area contributed by atoms with E-state index in [0.29, 0.717) is 41.0 Å². The minimum atomic E-state index is -0.924. The lowest BCUT2D eigenvalue weighted by Crippen LogP contribution is -2.41. The first-order chi connectivity index (χ1) is 19.4. The van der Waals surface area contributed by atoms with E-state index in [0.717, 1.165) is 24.0 Å². The van der Waals surface area contributed by atoms with Crippen LogP contribution in [0, 0.1) is 5.92 Å². The second-order valence-electron chi connectivity index (χ2n) is 10.1. The van der Waals surface area contributed by atoms with Crippen LogP contribution in [0.15, 0.2) is 66.7 Å². The third kappa shape index (κ3) is 5.60. The molecule has 210 valence electrons. The Balaban J connectivity index is 1.51. The first-order valence-electron chi connectivity index (χ1n) is 13.5. The zero-order chi connectivity index (χ0) is 28.2. The lowest BCUT2D eigenvalue weighted by atomic mass is 9.82. The fourth-order valence-electron chi connectivity index (χ4n) is 5.70. The molecule has 3 atom stereocenters. The van der Waals surface area contributed by atoms with E-state index in [1.807, 2.05) is 65.6 Å². The summed E-state index contributed by atoms with van der Waals surface area (Å²) in [7, 11) is 1.59. The summed E-state index contributed by atoms with van der Waals surface area (Å²) < 4.78 is 16.4. The summed E-state index contributed by atoms with van der Waals surface area (Å²) in [6, 6.07) is 19.7. The zero-order valence-electron chi connectivity index (χ0n) is 22.6. The molecule has 1 saturated heterocycles. The van der Waals surface area contributed by atoms with Gasteiger partial charge in [0.25, 0.3) is 0 Å².